The van der Waals surface area contributed by atoms with Crippen LogP contribution in [0.5, 0.6) is 34.5 Å². The summed E-state index contributed by atoms with van der Waals surface area (Å²) in [5.41, 5.74) is 1.65. The Kier molecular flexibility index (Phi) is 3.95. The topological polar surface area (TPSA) is 58.9 Å². The Morgan fingerprint density at radius 2 is 0.968 bits per heavy atom. The fraction of sp³-hybridized carbons (Fsp3) is 0.0400. The molecular weight excluding hydrogens is 524 g/mol. The van der Waals surface area contributed by atoms with E-state index in [4.69, 9.17) is 9.47 Å². The van der Waals surface area contributed by atoms with Crippen molar-refractivity contribution < 1.29 is 19.7 Å². The van der Waals surface area contributed by atoms with Gasteiger partial charge < -0.3 is 19.7 Å². The van der Waals surface area contributed by atoms with Crippen LogP contribution in [0.2, 0.25) is 0 Å². The lowest BCUT2D eigenvalue weighted by Gasteiger charge is -2.45. The molecular formula is C25H14Br2O4. The van der Waals surface area contributed by atoms with Crippen LogP contribution in [-0.2, 0) is 5.41 Å². The normalized spacial score (nSPS) is 14.5. The van der Waals surface area contributed by atoms with E-state index in [1.54, 1.807) is 12.1 Å². The van der Waals surface area contributed by atoms with Gasteiger partial charge in [0.2, 0.25) is 0 Å². The van der Waals surface area contributed by atoms with Crippen LogP contribution < -0.4 is 9.47 Å². The smallest absolute Gasteiger partial charge is 0.138 e. The first-order valence-electron chi connectivity index (χ1n) is 9.62. The molecule has 0 unspecified atom stereocenters. The van der Waals surface area contributed by atoms with Gasteiger partial charge in [0.15, 0.2) is 0 Å². The highest BCUT2D eigenvalue weighted by molar-refractivity contribution is 9.10. The fourth-order valence-corrected chi connectivity index (χ4v) is 5.43. The molecule has 0 radical (unpaired) electrons. The number of hydrogen-bond donors (Lipinski definition) is 2. The number of fused-ring (bicyclic) bond motifs is 8. The van der Waals surface area contributed by atoms with E-state index in [-0.39, 0.29) is 11.5 Å². The largest absolute Gasteiger partial charge is 0.506 e. The van der Waals surface area contributed by atoms with Crippen molar-refractivity contribution in [3.63, 3.8) is 0 Å². The summed E-state index contributed by atoms with van der Waals surface area (Å²) < 4.78 is 13.5. The van der Waals surface area contributed by atoms with Crippen molar-refractivity contribution in [2.75, 3.05) is 0 Å². The molecule has 0 saturated carbocycles. The first-order chi connectivity index (χ1) is 15.0. The van der Waals surface area contributed by atoms with Crippen LogP contribution in [0.3, 0.4) is 0 Å². The van der Waals surface area contributed by atoms with Crippen molar-refractivity contribution >= 4 is 31.9 Å². The minimum Gasteiger partial charge on any atom is -0.506 e. The molecule has 0 atom stereocenters. The molecule has 0 bridgehead atoms. The maximum atomic E-state index is 11.3. The summed E-state index contributed by atoms with van der Waals surface area (Å²) in [6.45, 7) is 0. The lowest BCUT2D eigenvalue weighted by atomic mass is 9.62. The molecule has 0 aromatic heterocycles. The van der Waals surface area contributed by atoms with Gasteiger partial charge in [0.1, 0.15) is 34.5 Å². The van der Waals surface area contributed by atoms with Gasteiger partial charge in [-0.25, -0.2) is 0 Å². The Hall–Kier alpha value is -2.96. The van der Waals surface area contributed by atoms with Crippen molar-refractivity contribution in [2.45, 2.75) is 5.41 Å². The number of para-hydroxylation sites is 2. The van der Waals surface area contributed by atoms with E-state index < -0.39 is 5.41 Å². The van der Waals surface area contributed by atoms with E-state index in [2.05, 4.69) is 31.9 Å². The quantitative estimate of drug-likeness (QED) is 0.215. The maximum Gasteiger partial charge on any atom is 0.138 e. The van der Waals surface area contributed by atoms with E-state index in [1.165, 1.54) is 0 Å². The number of benzene rings is 4. The third-order valence-corrected chi connectivity index (χ3v) is 7.23. The molecule has 0 fully saturated rings. The summed E-state index contributed by atoms with van der Waals surface area (Å²) in [5.74, 6) is 2.43. The maximum absolute atomic E-state index is 11.3. The van der Waals surface area contributed by atoms with Crippen molar-refractivity contribution in [1.82, 2.24) is 0 Å². The minimum absolute atomic E-state index is 0.0500. The van der Waals surface area contributed by atoms with E-state index in [9.17, 15) is 10.2 Å². The lowest BCUT2D eigenvalue weighted by molar-refractivity contribution is 0.368. The van der Waals surface area contributed by atoms with Gasteiger partial charge in [0.05, 0.1) is 25.5 Å². The van der Waals surface area contributed by atoms with Crippen LogP contribution in [0.4, 0.5) is 0 Å². The summed E-state index contributed by atoms with van der Waals surface area (Å²) >= 11 is 6.94. The molecule has 2 aliphatic heterocycles. The number of phenols is 2. The number of ether oxygens (including phenoxy) is 2. The summed E-state index contributed by atoms with van der Waals surface area (Å²) in [7, 11) is 0. The Morgan fingerprint density at radius 3 is 1.42 bits per heavy atom. The van der Waals surface area contributed by atoms with Crippen molar-refractivity contribution in [3.8, 4) is 34.5 Å². The van der Waals surface area contributed by atoms with E-state index >= 15 is 0 Å². The molecule has 4 nitrogen and oxygen atoms in total. The number of rotatable bonds is 0. The van der Waals surface area contributed by atoms with Crippen LogP contribution in [0.25, 0.3) is 0 Å². The molecule has 4 aromatic rings. The van der Waals surface area contributed by atoms with Crippen molar-refractivity contribution in [1.29, 1.82) is 0 Å². The first kappa shape index (κ1) is 18.8. The van der Waals surface area contributed by atoms with Crippen LogP contribution in [0.1, 0.15) is 22.3 Å². The summed E-state index contributed by atoms with van der Waals surface area (Å²) in [5, 5.41) is 22.7. The fourth-order valence-electron chi connectivity index (χ4n) is 4.77. The van der Waals surface area contributed by atoms with E-state index in [0.29, 0.717) is 43.1 Å². The Morgan fingerprint density at radius 1 is 0.548 bits per heavy atom. The SMILES string of the molecule is Oc1c(Br)ccc2c1C1(c3ccccc3O2)c2ccccc2Oc2ccc(Br)c(O)c21. The molecule has 152 valence electrons. The molecule has 0 aliphatic carbocycles. The monoisotopic (exact) mass is 536 g/mol. The van der Waals surface area contributed by atoms with Crippen LogP contribution in [0, 0.1) is 0 Å². The molecule has 6 heteroatoms. The van der Waals surface area contributed by atoms with Gasteiger partial charge in [-0.2, -0.15) is 0 Å². The number of aromatic hydroxyl groups is 2. The first-order valence-corrected chi connectivity index (χ1v) is 11.2. The number of halogens is 2. The number of hydrogen-bond acceptors (Lipinski definition) is 4. The second-order valence-corrected chi connectivity index (χ2v) is 9.19. The molecule has 0 saturated heterocycles. The second kappa shape index (κ2) is 6.52. The van der Waals surface area contributed by atoms with E-state index in [1.807, 2.05) is 60.7 Å². The molecule has 2 aliphatic rings. The third kappa shape index (κ3) is 2.34. The highest BCUT2D eigenvalue weighted by atomic mass is 79.9. The van der Waals surface area contributed by atoms with Crippen LogP contribution in [0.15, 0.2) is 81.7 Å². The lowest BCUT2D eigenvalue weighted by Crippen LogP contribution is -2.37. The van der Waals surface area contributed by atoms with Gasteiger partial charge in [-0.1, -0.05) is 36.4 Å². The van der Waals surface area contributed by atoms with Gasteiger partial charge in [0, 0.05) is 11.1 Å². The van der Waals surface area contributed by atoms with Gasteiger partial charge in [0.25, 0.3) is 0 Å². The second-order valence-electron chi connectivity index (χ2n) is 7.48. The zero-order valence-electron chi connectivity index (χ0n) is 15.9. The van der Waals surface area contributed by atoms with Gasteiger partial charge in [-0.3, -0.25) is 0 Å². The molecule has 6 rings (SSSR count). The van der Waals surface area contributed by atoms with Crippen molar-refractivity contribution in [3.05, 3.63) is 104 Å². The average Bonchev–Trinajstić information content (AvgIpc) is 2.79. The predicted molar refractivity (Wildman–Crippen MR) is 124 cm³/mol. The Labute approximate surface area is 195 Å². The van der Waals surface area contributed by atoms with Gasteiger partial charge in [-0.05, 0) is 68.3 Å². The zero-order chi connectivity index (χ0) is 21.3. The van der Waals surface area contributed by atoms with Crippen molar-refractivity contribution in [2.24, 2.45) is 0 Å². The highest BCUT2D eigenvalue weighted by Gasteiger charge is 2.54. The molecule has 2 heterocycles. The Bertz CT molecular complexity index is 1290. The standard InChI is InChI=1S/C25H14Br2O4/c26-15-9-11-19-21(23(15)28)25(13-5-1-3-7-17(13)30-19)14-6-2-4-8-18(14)31-20-12-10-16(27)24(29)22(20)25/h1-12,28-29H. The number of phenolic OH excluding ortho intramolecular Hbond substituents is 2. The summed E-state index contributed by atoms with van der Waals surface area (Å²) in [6, 6.07) is 22.5. The zero-order valence-corrected chi connectivity index (χ0v) is 19.1. The van der Waals surface area contributed by atoms with Crippen LogP contribution in [-0.4, -0.2) is 10.2 Å². The summed E-state index contributed by atoms with van der Waals surface area (Å²) in [6.07, 6.45) is 0. The minimum atomic E-state index is -1.06. The average molecular weight is 538 g/mol. The van der Waals surface area contributed by atoms with Crippen LogP contribution >= 0.6 is 31.9 Å². The molecule has 2 N–H and O–H groups in total. The third-order valence-electron chi connectivity index (χ3n) is 5.95. The van der Waals surface area contributed by atoms with E-state index in [0.717, 1.165) is 11.1 Å². The molecule has 4 aromatic carbocycles. The van der Waals surface area contributed by atoms with Gasteiger partial charge in [-0.15, -0.1) is 0 Å². The summed E-state index contributed by atoms with van der Waals surface area (Å²) in [4.78, 5) is 0. The molecule has 0 amide bonds. The predicted octanol–water partition coefficient (Wildman–Crippen LogP) is 7.22. The molecule has 1 spiro atoms. The molecule has 31 heavy (non-hydrogen) atoms. The van der Waals surface area contributed by atoms with Gasteiger partial charge >= 0.3 is 0 Å². The Balaban J connectivity index is 1.91. The highest BCUT2D eigenvalue weighted by Crippen LogP contribution is 2.65.